The molecule has 2 heterocycles. The molecule has 0 bridgehead atoms. The number of thioether (sulfide) groups is 1. The van der Waals surface area contributed by atoms with Crippen LogP contribution in [0, 0.1) is 0 Å². The molecule has 1 atom stereocenters. The fourth-order valence-electron chi connectivity index (χ4n) is 2.03. The van der Waals surface area contributed by atoms with Gasteiger partial charge in [0.05, 0.1) is 5.71 Å². The van der Waals surface area contributed by atoms with Crippen LogP contribution in [0.5, 0.6) is 0 Å². The number of hydrogen-bond donors (Lipinski definition) is 2. The van der Waals surface area contributed by atoms with Gasteiger partial charge in [0, 0.05) is 11.3 Å². The second-order valence-electron chi connectivity index (χ2n) is 4.39. The summed E-state index contributed by atoms with van der Waals surface area (Å²) in [6.45, 7) is 0. The smallest absolute Gasteiger partial charge is 0.183 e. The molecule has 2 aromatic rings. The third-order valence-electron chi connectivity index (χ3n) is 2.96. The lowest BCUT2D eigenvalue weighted by Gasteiger charge is -2.24. The van der Waals surface area contributed by atoms with Gasteiger partial charge in [-0.25, -0.2) is 0 Å². The van der Waals surface area contributed by atoms with E-state index >= 15 is 0 Å². The van der Waals surface area contributed by atoms with E-state index < -0.39 is 4.93 Å². The zero-order valence-electron chi connectivity index (χ0n) is 10.6. The quantitative estimate of drug-likeness (QED) is 0.896. The molecule has 0 saturated heterocycles. The van der Waals surface area contributed by atoms with Crippen LogP contribution >= 0.6 is 23.1 Å². The van der Waals surface area contributed by atoms with Crippen LogP contribution < -0.4 is 5.73 Å². The van der Waals surface area contributed by atoms with E-state index in [1.807, 2.05) is 47.8 Å². The van der Waals surface area contributed by atoms with Crippen molar-refractivity contribution in [3.8, 4) is 0 Å². The van der Waals surface area contributed by atoms with Gasteiger partial charge < -0.3 is 10.8 Å². The van der Waals surface area contributed by atoms with E-state index in [4.69, 9.17) is 5.73 Å². The van der Waals surface area contributed by atoms with E-state index in [0.717, 1.165) is 27.9 Å². The third-order valence-corrected chi connectivity index (χ3v) is 5.11. The number of nitrogens with zero attached hydrogens (tertiary/aromatic N) is 2. The highest BCUT2D eigenvalue weighted by Gasteiger charge is 2.36. The van der Waals surface area contributed by atoms with Crippen LogP contribution in [0.1, 0.15) is 16.9 Å². The number of aliphatic hydroxyl groups is 1. The predicted molar refractivity (Wildman–Crippen MR) is 85.0 cm³/mol. The average molecular weight is 303 g/mol. The Balaban J connectivity index is 2.01. The minimum atomic E-state index is -1.12. The Labute approximate surface area is 125 Å². The standard InChI is InChI=1S/C14H13N3OS2/c15-13-17-16-11(10-5-2-1-3-6-10)9-14(18,20-13)12-7-4-8-19-12/h1-8,18H,9H2,(H2,15,17). The zero-order valence-corrected chi connectivity index (χ0v) is 12.2. The number of thiophene rings is 1. The molecule has 0 fully saturated rings. The number of rotatable bonds is 2. The zero-order chi connectivity index (χ0) is 14.0. The number of nitrogens with two attached hydrogens (primary N) is 1. The van der Waals surface area contributed by atoms with Crippen LogP contribution in [-0.4, -0.2) is 16.0 Å². The maximum absolute atomic E-state index is 10.9. The van der Waals surface area contributed by atoms with E-state index in [0.29, 0.717) is 6.42 Å². The topological polar surface area (TPSA) is 71.0 Å². The second-order valence-corrected chi connectivity index (χ2v) is 6.64. The van der Waals surface area contributed by atoms with Crippen molar-refractivity contribution in [2.24, 2.45) is 15.9 Å². The van der Waals surface area contributed by atoms with Gasteiger partial charge >= 0.3 is 0 Å². The van der Waals surface area contributed by atoms with Gasteiger partial charge in [-0.05, 0) is 28.8 Å². The molecule has 0 amide bonds. The number of benzene rings is 1. The summed E-state index contributed by atoms with van der Waals surface area (Å²) >= 11 is 2.65. The Morgan fingerprint density at radius 1 is 1.10 bits per heavy atom. The summed E-state index contributed by atoms with van der Waals surface area (Å²) in [5, 5.41) is 21.3. The van der Waals surface area contributed by atoms with E-state index in [1.165, 1.54) is 11.3 Å². The van der Waals surface area contributed by atoms with Gasteiger partial charge in [-0.2, -0.15) is 5.10 Å². The Kier molecular flexibility index (Phi) is 3.60. The summed E-state index contributed by atoms with van der Waals surface area (Å²) in [5.74, 6) is 0. The fourth-order valence-corrected chi connectivity index (χ4v) is 3.82. The van der Waals surface area contributed by atoms with Gasteiger partial charge in [0.2, 0.25) is 0 Å². The van der Waals surface area contributed by atoms with Crippen LogP contribution in [0.25, 0.3) is 0 Å². The molecule has 1 aliphatic heterocycles. The molecular weight excluding hydrogens is 290 g/mol. The minimum Gasteiger partial charge on any atom is -0.377 e. The first-order valence-electron chi connectivity index (χ1n) is 6.08. The molecule has 1 unspecified atom stereocenters. The summed E-state index contributed by atoms with van der Waals surface area (Å²) in [7, 11) is 0. The van der Waals surface area contributed by atoms with Gasteiger partial charge in [-0.3, -0.25) is 0 Å². The summed E-state index contributed by atoms with van der Waals surface area (Å²) in [6, 6.07) is 13.5. The van der Waals surface area contributed by atoms with Crippen LogP contribution in [0.15, 0.2) is 58.0 Å². The maximum Gasteiger partial charge on any atom is 0.183 e. The summed E-state index contributed by atoms with van der Waals surface area (Å²) in [6.07, 6.45) is 0.367. The molecule has 0 aliphatic carbocycles. The molecule has 1 aromatic carbocycles. The summed E-state index contributed by atoms with van der Waals surface area (Å²) < 4.78 is 0. The van der Waals surface area contributed by atoms with E-state index in [2.05, 4.69) is 10.2 Å². The molecule has 0 spiro atoms. The highest BCUT2D eigenvalue weighted by molar-refractivity contribution is 8.14. The molecule has 102 valence electrons. The molecule has 0 saturated carbocycles. The third kappa shape index (κ3) is 2.63. The Hall–Kier alpha value is -1.63. The normalized spacial score (nSPS) is 22.9. The van der Waals surface area contributed by atoms with Crippen molar-refractivity contribution in [2.75, 3.05) is 0 Å². The lowest BCUT2D eigenvalue weighted by Crippen LogP contribution is -2.27. The van der Waals surface area contributed by atoms with Gasteiger partial charge in [-0.1, -0.05) is 36.4 Å². The monoisotopic (exact) mass is 303 g/mol. The fraction of sp³-hybridized carbons (Fsp3) is 0.143. The Morgan fingerprint density at radius 3 is 2.60 bits per heavy atom. The molecule has 1 aliphatic rings. The molecule has 6 heteroatoms. The van der Waals surface area contributed by atoms with Crippen LogP contribution in [-0.2, 0) is 4.93 Å². The summed E-state index contributed by atoms with van der Waals surface area (Å²) in [5.41, 5.74) is 7.48. The van der Waals surface area contributed by atoms with Gasteiger partial charge in [-0.15, -0.1) is 16.4 Å². The second kappa shape index (κ2) is 5.40. The first-order chi connectivity index (χ1) is 9.67. The first kappa shape index (κ1) is 13.4. The van der Waals surface area contributed by atoms with Crippen molar-refractivity contribution in [3.05, 3.63) is 58.3 Å². The van der Waals surface area contributed by atoms with Gasteiger partial charge in [0.15, 0.2) is 10.1 Å². The molecule has 0 radical (unpaired) electrons. The van der Waals surface area contributed by atoms with E-state index in [1.54, 1.807) is 0 Å². The van der Waals surface area contributed by atoms with Crippen LogP contribution in [0.2, 0.25) is 0 Å². The molecule has 3 rings (SSSR count). The van der Waals surface area contributed by atoms with Crippen molar-refractivity contribution >= 4 is 34.0 Å². The van der Waals surface area contributed by atoms with Crippen molar-refractivity contribution in [3.63, 3.8) is 0 Å². The number of amidine groups is 1. The van der Waals surface area contributed by atoms with Gasteiger partial charge in [0.1, 0.15) is 0 Å². The number of hydrogen-bond acceptors (Lipinski definition) is 6. The summed E-state index contributed by atoms with van der Waals surface area (Å²) in [4.78, 5) is -0.265. The van der Waals surface area contributed by atoms with Crippen LogP contribution in [0.3, 0.4) is 0 Å². The molecule has 3 N–H and O–H groups in total. The first-order valence-corrected chi connectivity index (χ1v) is 7.78. The maximum atomic E-state index is 10.9. The lowest BCUT2D eigenvalue weighted by atomic mass is 10.0. The van der Waals surface area contributed by atoms with E-state index in [9.17, 15) is 5.11 Å². The average Bonchev–Trinajstić information content (AvgIpc) is 2.94. The largest absolute Gasteiger partial charge is 0.377 e. The van der Waals surface area contributed by atoms with Gasteiger partial charge in [0.25, 0.3) is 0 Å². The minimum absolute atomic E-state index is 0.270. The SMILES string of the molecule is NC1=NN=C(c2ccccc2)CC(O)(c2cccs2)S1. The van der Waals surface area contributed by atoms with Crippen LogP contribution in [0.4, 0.5) is 0 Å². The molecular formula is C14H13N3OS2. The Morgan fingerprint density at radius 2 is 1.90 bits per heavy atom. The van der Waals surface area contributed by atoms with Crippen molar-refractivity contribution in [1.82, 2.24) is 0 Å². The molecule has 4 nitrogen and oxygen atoms in total. The Bertz CT molecular complexity index is 652. The highest BCUT2D eigenvalue weighted by atomic mass is 32.2. The highest BCUT2D eigenvalue weighted by Crippen LogP contribution is 2.41. The van der Waals surface area contributed by atoms with Crippen molar-refractivity contribution in [1.29, 1.82) is 0 Å². The van der Waals surface area contributed by atoms with Crippen molar-refractivity contribution < 1.29 is 5.11 Å². The van der Waals surface area contributed by atoms with E-state index in [-0.39, 0.29) is 5.17 Å². The molecule has 20 heavy (non-hydrogen) atoms. The molecule has 1 aromatic heterocycles. The van der Waals surface area contributed by atoms with Crippen molar-refractivity contribution in [2.45, 2.75) is 11.4 Å². The lowest BCUT2D eigenvalue weighted by molar-refractivity contribution is 0.151. The predicted octanol–water partition coefficient (Wildman–Crippen LogP) is 2.75.